The number of esters is 1. The first kappa shape index (κ1) is 21.3. The van der Waals surface area contributed by atoms with Gasteiger partial charge in [0.25, 0.3) is 0 Å². The summed E-state index contributed by atoms with van der Waals surface area (Å²) < 4.78 is 5.60. The highest BCUT2D eigenvalue weighted by Crippen LogP contribution is 2.37. The highest BCUT2D eigenvalue weighted by Gasteiger charge is 2.39. The number of nitrogens with zero attached hydrogens (tertiary/aromatic N) is 2. The third-order valence-corrected chi connectivity index (χ3v) is 5.71. The summed E-state index contributed by atoms with van der Waals surface area (Å²) in [4.78, 5) is 31.6. The minimum absolute atomic E-state index is 0.0986. The molecule has 1 amide bonds. The topological polar surface area (TPSA) is 85.0 Å². The summed E-state index contributed by atoms with van der Waals surface area (Å²) in [5.74, 6) is -0.504. The van der Waals surface area contributed by atoms with Crippen molar-refractivity contribution in [3.63, 3.8) is 0 Å². The minimum atomic E-state index is -0.987. The lowest BCUT2D eigenvalue weighted by Crippen LogP contribution is -2.47. The summed E-state index contributed by atoms with van der Waals surface area (Å²) in [6, 6.07) is 24.9. The molecule has 0 radical (unpaired) electrons. The fourth-order valence-electron chi connectivity index (χ4n) is 3.84. The molecule has 6 nitrogen and oxygen atoms in total. The smallest absolute Gasteiger partial charge is 0.338 e. The van der Waals surface area contributed by atoms with Gasteiger partial charge >= 0.3 is 5.97 Å². The van der Waals surface area contributed by atoms with Crippen molar-refractivity contribution < 1.29 is 14.3 Å². The highest BCUT2D eigenvalue weighted by molar-refractivity contribution is 6.00. The van der Waals surface area contributed by atoms with Crippen molar-refractivity contribution >= 4 is 17.8 Å². The number of carbonyl (C=O) groups is 2. The van der Waals surface area contributed by atoms with Crippen LogP contribution in [0.1, 0.15) is 34.8 Å². The van der Waals surface area contributed by atoms with E-state index >= 15 is 0 Å². The number of guanidine groups is 1. The molecule has 0 saturated carbocycles. The van der Waals surface area contributed by atoms with Crippen LogP contribution in [0.4, 0.5) is 0 Å². The summed E-state index contributed by atoms with van der Waals surface area (Å²) in [6.45, 7) is 1.98. The molecule has 4 rings (SSSR count). The summed E-state index contributed by atoms with van der Waals surface area (Å²) >= 11 is 0. The van der Waals surface area contributed by atoms with Crippen molar-refractivity contribution in [2.75, 3.05) is 7.05 Å². The first-order chi connectivity index (χ1) is 15.4. The fraction of sp³-hybridized carbons (Fsp3) is 0.192. The molecule has 6 heteroatoms. The third-order valence-electron chi connectivity index (χ3n) is 5.71. The van der Waals surface area contributed by atoms with Gasteiger partial charge in [-0.1, -0.05) is 66.7 Å². The summed E-state index contributed by atoms with van der Waals surface area (Å²) in [5.41, 5.74) is 8.84. The summed E-state index contributed by atoms with van der Waals surface area (Å²) in [5, 5.41) is 0. The van der Waals surface area contributed by atoms with Gasteiger partial charge in [-0.3, -0.25) is 9.69 Å². The molecule has 3 aromatic rings. The lowest BCUT2D eigenvalue weighted by molar-refractivity contribution is -0.128. The van der Waals surface area contributed by atoms with Gasteiger partial charge in [0.15, 0.2) is 5.96 Å². The van der Waals surface area contributed by atoms with Gasteiger partial charge in [0.1, 0.15) is 6.61 Å². The van der Waals surface area contributed by atoms with Crippen LogP contribution in [-0.4, -0.2) is 29.8 Å². The monoisotopic (exact) mass is 427 g/mol. The molecular formula is C26H25N3O3. The fourth-order valence-corrected chi connectivity index (χ4v) is 3.84. The molecule has 162 valence electrons. The largest absolute Gasteiger partial charge is 0.457 e. The van der Waals surface area contributed by atoms with Crippen LogP contribution in [-0.2, 0) is 21.7 Å². The van der Waals surface area contributed by atoms with E-state index in [1.165, 1.54) is 4.90 Å². The quantitative estimate of drug-likeness (QED) is 0.621. The van der Waals surface area contributed by atoms with Crippen LogP contribution in [0.15, 0.2) is 83.9 Å². The van der Waals surface area contributed by atoms with E-state index in [4.69, 9.17) is 10.5 Å². The Balaban J connectivity index is 1.76. The number of benzene rings is 3. The van der Waals surface area contributed by atoms with Crippen molar-refractivity contribution in [2.45, 2.75) is 25.5 Å². The number of ether oxygens (including phenoxy) is 1. The minimum Gasteiger partial charge on any atom is -0.457 e. The van der Waals surface area contributed by atoms with Crippen LogP contribution in [0.25, 0.3) is 11.1 Å². The van der Waals surface area contributed by atoms with Gasteiger partial charge in [0.05, 0.1) is 17.5 Å². The molecule has 3 aromatic carbocycles. The summed E-state index contributed by atoms with van der Waals surface area (Å²) in [6.07, 6.45) is 0.0986. The van der Waals surface area contributed by atoms with Crippen LogP contribution >= 0.6 is 0 Å². The van der Waals surface area contributed by atoms with Gasteiger partial charge < -0.3 is 10.5 Å². The zero-order valence-electron chi connectivity index (χ0n) is 18.1. The van der Waals surface area contributed by atoms with E-state index < -0.39 is 11.5 Å². The Hall–Kier alpha value is -3.93. The zero-order valence-corrected chi connectivity index (χ0v) is 18.1. The predicted molar refractivity (Wildman–Crippen MR) is 124 cm³/mol. The normalized spacial score (nSPS) is 18.2. The summed E-state index contributed by atoms with van der Waals surface area (Å²) in [7, 11) is 1.59. The van der Waals surface area contributed by atoms with Crippen LogP contribution in [0, 0.1) is 0 Å². The van der Waals surface area contributed by atoms with Crippen LogP contribution < -0.4 is 5.73 Å². The lowest BCUT2D eigenvalue weighted by Gasteiger charge is -2.34. The molecule has 32 heavy (non-hydrogen) atoms. The number of nitrogens with two attached hydrogens (primary N) is 1. The Morgan fingerprint density at radius 3 is 2.34 bits per heavy atom. The van der Waals surface area contributed by atoms with Crippen molar-refractivity contribution in [3.05, 3.63) is 95.6 Å². The first-order valence-corrected chi connectivity index (χ1v) is 10.4. The molecule has 1 atom stereocenters. The Morgan fingerprint density at radius 2 is 1.69 bits per heavy atom. The predicted octanol–water partition coefficient (Wildman–Crippen LogP) is 4.10. The molecule has 0 saturated heterocycles. The van der Waals surface area contributed by atoms with E-state index in [2.05, 4.69) is 4.99 Å². The molecule has 1 unspecified atom stereocenters. The average molecular weight is 428 g/mol. The van der Waals surface area contributed by atoms with Gasteiger partial charge in [0, 0.05) is 7.05 Å². The van der Waals surface area contributed by atoms with Crippen LogP contribution in [0.3, 0.4) is 0 Å². The van der Waals surface area contributed by atoms with Crippen molar-refractivity contribution in [1.82, 2.24) is 4.90 Å². The van der Waals surface area contributed by atoms with E-state index in [1.807, 2.05) is 79.7 Å². The number of hydrogen-bond acceptors (Lipinski definition) is 5. The van der Waals surface area contributed by atoms with E-state index in [0.29, 0.717) is 11.1 Å². The number of carbonyl (C=O) groups excluding carboxylic acids is 2. The Morgan fingerprint density at radius 1 is 1.03 bits per heavy atom. The molecule has 0 spiro atoms. The second-order valence-electron chi connectivity index (χ2n) is 8.06. The first-order valence-electron chi connectivity index (χ1n) is 10.4. The van der Waals surface area contributed by atoms with Crippen LogP contribution in [0.2, 0.25) is 0 Å². The van der Waals surface area contributed by atoms with E-state index in [0.717, 1.165) is 16.7 Å². The Bertz CT molecular complexity index is 1180. The van der Waals surface area contributed by atoms with E-state index in [-0.39, 0.29) is 24.9 Å². The average Bonchev–Trinajstić information content (AvgIpc) is 2.82. The molecule has 0 aliphatic carbocycles. The van der Waals surface area contributed by atoms with Crippen molar-refractivity contribution in [2.24, 2.45) is 10.7 Å². The van der Waals surface area contributed by atoms with Gasteiger partial charge in [-0.15, -0.1) is 0 Å². The van der Waals surface area contributed by atoms with Gasteiger partial charge in [0.2, 0.25) is 5.91 Å². The third kappa shape index (κ3) is 4.25. The number of hydrogen-bond donors (Lipinski definition) is 1. The maximum absolute atomic E-state index is 13.1. The van der Waals surface area contributed by atoms with Gasteiger partial charge in [-0.05, 0) is 41.3 Å². The molecule has 1 aliphatic rings. The molecule has 0 aromatic heterocycles. The number of rotatable bonds is 5. The standard InChI is InChI=1S/C26H25N3O3/c1-26(16-23(30)29(2)25(27)28-26)22-15-20(19-11-7-4-8-12-19)13-14-21(22)24(31)32-17-18-9-5-3-6-10-18/h3-15H,16-17H2,1-2H3,(H2,27,28). The SMILES string of the molecule is CN1C(=O)CC(C)(c2cc(-c3ccccc3)ccc2C(=O)OCc2ccccc2)N=C1N. The number of aliphatic imine (C=N–C) groups is 1. The number of amides is 1. The maximum Gasteiger partial charge on any atom is 0.338 e. The van der Waals surface area contributed by atoms with Crippen LogP contribution in [0.5, 0.6) is 0 Å². The zero-order chi connectivity index (χ0) is 22.7. The van der Waals surface area contributed by atoms with Crippen molar-refractivity contribution in [3.8, 4) is 11.1 Å². The Kier molecular flexibility index (Phi) is 5.77. The molecule has 2 N–H and O–H groups in total. The van der Waals surface area contributed by atoms with Crippen molar-refractivity contribution in [1.29, 1.82) is 0 Å². The van der Waals surface area contributed by atoms with Gasteiger partial charge in [-0.2, -0.15) is 0 Å². The molecule has 0 fully saturated rings. The molecular weight excluding hydrogens is 402 g/mol. The second kappa shape index (κ2) is 8.67. The molecule has 1 heterocycles. The maximum atomic E-state index is 13.1. The lowest BCUT2D eigenvalue weighted by atomic mass is 9.82. The Labute approximate surface area is 187 Å². The van der Waals surface area contributed by atoms with E-state index in [9.17, 15) is 9.59 Å². The van der Waals surface area contributed by atoms with Gasteiger partial charge in [-0.25, -0.2) is 9.79 Å². The van der Waals surface area contributed by atoms with E-state index in [1.54, 1.807) is 13.1 Å². The second-order valence-corrected chi connectivity index (χ2v) is 8.06. The molecule has 1 aliphatic heterocycles. The molecule has 0 bridgehead atoms. The highest BCUT2D eigenvalue weighted by atomic mass is 16.5.